The summed E-state index contributed by atoms with van der Waals surface area (Å²) in [4.78, 5) is 0. The highest BCUT2D eigenvalue weighted by Crippen LogP contribution is 2.43. The Hall–Kier alpha value is -3.72. The predicted octanol–water partition coefficient (Wildman–Crippen LogP) is 7.83. The minimum absolute atomic E-state index is 0.210. The molecule has 4 aromatic carbocycles. The van der Waals surface area contributed by atoms with Crippen molar-refractivity contribution < 1.29 is 8.96 Å². The van der Waals surface area contributed by atoms with Gasteiger partial charge in [0, 0.05) is 22.6 Å². The summed E-state index contributed by atoms with van der Waals surface area (Å²) in [6.45, 7) is 9.06. The third kappa shape index (κ3) is 3.18. The topological polar surface area (TPSA) is 8.81 Å². The molecule has 174 valence electrons. The van der Waals surface area contributed by atoms with Gasteiger partial charge in [-0.3, -0.25) is 0 Å². The maximum atomic E-state index is 13.7. The first-order valence-corrected chi connectivity index (χ1v) is 12.4. The lowest BCUT2D eigenvalue weighted by atomic mass is 9.83. The zero-order valence-electron chi connectivity index (χ0n) is 20.9. The lowest BCUT2D eigenvalue weighted by Gasteiger charge is -2.25. The van der Waals surface area contributed by atoms with Gasteiger partial charge in [-0.15, -0.1) is 0 Å². The number of aromatic nitrogens is 2. The zero-order chi connectivity index (χ0) is 24.4. The quantitative estimate of drug-likeness (QED) is 0.242. The summed E-state index contributed by atoms with van der Waals surface area (Å²) in [5.41, 5.74) is 12.5. The van der Waals surface area contributed by atoms with Crippen molar-refractivity contribution in [1.29, 1.82) is 0 Å². The molecule has 2 nitrogen and oxygen atoms in total. The van der Waals surface area contributed by atoms with Gasteiger partial charge in [0.15, 0.2) is 11.0 Å². The molecular formula is C32H30FN2+. The fourth-order valence-corrected chi connectivity index (χ4v) is 5.81. The molecule has 6 rings (SSSR count). The molecule has 5 aromatic rings. The van der Waals surface area contributed by atoms with Crippen LogP contribution < -0.4 is 4.57 Å². The van der Waals surface area contributed by atoms with E-state index >= 15 is 0 Å². The Balaban J connectivity index is 1.79. The molecular weight excluding hydrogens is 431 g/mol. The molecule has 0 aliphatic carbocycles. The summed E-state index contributed by atoms with van der Waals surface area (Å²) in [6, 6.07) is 26.8. The Labute approximate surface area is 206 Å². The lowest BCUT2D eigenvalue weighted by molar-refractivity contribution is -0.558. The van der Waals surface area contributed by atoms with Crippen molar-refractivity contribution in [3.8, 4) is 28.2 Å². The summed E-state index contributed by atoms with van der Waals surface area (Å²) in [7, 11) is 2.17. The van der Waals surface area contributed by atoms with Gasteiger partial charge in [0.1, 0.15) is 11.5 Å². The summed E-state index contributed by atoms with van der Waals surface area (Å²) < 4.78 is 18.5. The number of hydrogen-bond donors (Lipinski definition) is 0. The van der Waals surface area contributed by atoms with Crippen molar-refractivity contribution in [2.75, 3.05) is 0 Å². The molecule has 3 heteroatoms. The van der Waals surface area contributed by atoms with Gasteiger partial charge in [0.25, 0.3) is 5.82 Å². The third-order valence-corrected chi connectivity index (χ3v) is 7.67. The van der Waals surface area contributed by atoms with E-state index in [-0.39, 0.29) is 11.7 Å². The first-order valence-electron chi connectivity index (χ1n) is 12.4. The molecule has 1 aliphatic heterocycles. The van der Waals surface area contributed by atoms with E-state index < -0.39 is 0 Å². The van der Waals surface area contributed by atoms with Crippen LogP contribution in [0.2, 0.25) is 0 Å². The number of nitrogens with zero attached hydrogens (tertiary/aromatic N) is 2. The van der Waals surface area contributed by atoms with E-state index in [4.69, 9.17) is 0 Å². The summed E-state index contributed by atoms with van der Waals surface area (Å²) >= 11 is 0. The van der Waals surface area contributed by atoms with Crippen molar-refractivity contribution >= 4 is 11.0 Å². The normalized spacial score (nSPS) is 14.5. The monoisotopic (exact) mass is 461 g/mol. The number of rotatable bonds is 3. The Morgan fingerprint density at radius 2 is 1.60 bits per heavy atom. The van der Waals surface area contributed by atoms with Gasteiger partial charge in [0.05, 0.1) is 12.6 Å². The number of imidazole rings is 1. The van der Waals surface area contributed by atoms with Crippen LogP contribution in [0.25, 0.3) is 39.2 Å². The average molecular weight is 462 g/mol. The predicted molar refractivity (Wildman–Crippen MR) is 142 cm³/mol. The Morgan fingerprint density at radius 3 is 2.31 bits per heavy atom. The van der Waals surface area contributed by atoms with Gasteiger partial charge in [-0.2, -0.15) is 4.57 Å². The molecule has 0 amide bonds. The zero-order valence-corrected chi connectivity index (χ0v) is 20.9. The van der Waals surface area contributed by atoms with Gasteiger partial charge in [-0.1, -0.05) is 69.3 Å². The fourth-order valence-electron chi connectivity index (χ4n) is 5.81. The molecule has 1 aromatic heterocycles. The molecule has 0 radical (unpaired) electrons. The van der Waals surface area contributed by atoms with Gasteiger partial charge in [0.2, 0.25) is 0 Å². The molecule has 1 unspecified atom stereocenters. The van der Waals surface area contributed by atoms with E-state index in [1.807, 2.05) is 12.1 Å². The number of aryl methyl sites for hydroxylation is 2. The first kappa shape index (κ1) is 21.8. The minimum Gasteiger partial charge on any atom is -0.225 e. The highest BCUT2D eigenvalue weighted by molar-refractivity contribution is 5.88. The maximum Gasteiger partial charge on any atom is 0.295 e. The van der Waals surface area contributed by atoms with Crippen LogP contribution in [-0.2, 0) is 7.05 Å². The van der Waals surface area contributed by atoms with Crippen molar-refractivity contribution in [3.05, 3.63) is 107 Å². The fraction of sp³-hybridized carbons (Fsp3) is 0.219. The number of hydrogen-bond acceptors (Lipinski definition) is 0. The van der Waals surface area contributed by atoms with Crippen LogP contribution in [0.3, 0.4) is 0 Å². The minimum atomic E-state index is -0.210. The van der Waals surface area contributed by atoms with Crippen molar-refractivity contribution in [3.63, 3.8) is 0 Å². The van der Waals surface area contributed by atoms with Crippen molar-refractivity contribution in [2.45, 2.75) is 39.5 Å². The second-order valence-electron chi connectivity index (χ2n) is 10.1. The largest absolute Gasteiger partial charge is 0.295 e. The van der Waals surface area contributed by atoms with Crippen molar-refractivity contribution in [1.82, 2.24) is 4.57 Å². The second-order valence-corrected chi connectivity index (χ2v) is 10.1. The lowest BCUT2D eigenvalue weighted by Crippen LogP contribution is -2.39. The van der Waals surface area contributed by atoms with Crippen molar-refractivity contribution in [2.24, 2.45) is 7.05 Å². The van der Waals surface area contributed by atoms with E-state index in [1.54, 1.807) is 12.1 Å². The van der Waals surface area contributed by atoms with Crippen LogP contribution >= 0.6 is 0 Å². The molecule has 0 saturated heterocycles. The number of halogens is 1. The second kappa shape index (κ2) is 7.91. The van der Waals surface area contributed by atoms with Crippen LogP contribution in [0.4, 0.5) is 4.39 Å². The molecule has 0 N–H and O–H groups in total. The Kier molecular flexibility index (Phi) is 4.93. The van der Waals surface area contributed by atoms with E-state index in [0.29, 0.717) is 5.92 Å². The molecule has 1 aliphatic rings. The number of fused-ring (bicyclic) bond motifs is 2. The molecule has 0 saturated carbocycles. The van der Waals surface area contributed by atoms with E-state index in [2.05, 4.69) is 98.5 Å². The smallest absolute Gasteiger partial charge is 0.225 e. The van der Waals surface area contributed by atoms with E-state index in [0.717, 1.165) is 11.1 Å². The van der Waals surface area contributed by atoms with Gasteiger partial charge >= 0.3 is 0 Å². The Bertz CT molecular complexity index is 1610. The number of para-hydroxylation sites is 1. The standard InChI is InChI=1S/C32H30FN2/c1-19(2)25-11-8-12-27-21(4)28-17-23(22-13-15-24(33)16-14-22)18-29-31(28)35(30(25)27)32(34(29)5)26-10-7-6-9-20(26)3/h6-19,21H,1-5H3/q+1. The summed E-state index contributed by atoms with van der Waals surface area (Å²) in [5.74, 6) is 1.64. The van der Waals surface area contributed by atoms with Gasteiger partial charge in [-0.05, 0) is 59.9 Å². The summed E-state index contributed by atoms with van der Waals surface area (Å²) in [5, 5.41) is 0. The highest BCUT2D eigenvalue weighted by atomic mass is 19.1. The molecule has 0 spiro atoms. The van der Waals surface area contributed by atoms with E-state index in [1.165, 1.54) is 50.4 Å². The molecule has 2 heterocycles. The maximum absolute atomic E-state index is 13.7. The summed E-state index contributed by atoms with van der Waals surface area (Å²) in [6.07, 6.45) is 0. The number of benzene rings is 4. The van der Waals surface area contributed by atoms with Gasteiger partial charge < -0.3 is 0 Å². The molecule has 1 atom stereocenters. The molecule has 0 bridgehead atoms. The van der Waals surface area contributed by atoms with Crippen LogP contribution in [-0.4, -0.2) is 4.57 Å². The molecule has 0 fully saturated rings. The van der Waals surface area contributed by atoms with Crippen LogP contribution in [0.1, 0.15) is 54.9 Å². The highest BCUT2D eigenvalue weighted by Gasteiger charge is 2.38. The Morgan fingerprint density at radius 1 is 0.857 bits per heavy atom. The average Bonchev–Trinajstić information content (AvgIpc) is 3.15. The van der Waals surface area contributed by atoms with Crippen LogP contribution in [0.15, 0.2) is 78.9 Å². The SMILES string of the molecule is Cc1ccccc1-c1n(C)c2cc(-c3ccc(F)cc3)cc3c2[n+]1-c1c(C(C)C)cccc1C3C. The van der Waals surface area contributed by atoms with Crippen LogP contribution in [0.5, 0.6) is 0 Å². The van der Waals surface area contributed by atoms with E-state index in [9.17, 15) is 4.39 Å². The third-order valence-electron chi connectivity index (χ3n) is 7.67. The van der Waals surface area contributed by atoms with Gasteiger partial charge in [-0.25, -0.2) is 8.96 Å². The van der Waals surface area contributed by atoms with Crippen LogP contribution in [0, 0.1) is 12.7 Å². The molecule has 35 heavy (non-hydrogen) atoms. The first-order chi connectivity index (χ1) is 16.9.